The van der Waals surface area contributed by atoms with Crippen molar-refractivity contribution in [3.63, 3.8) is 0 Å². The molecule has 132 valence electrons. The van der Waals surface area contributed by atoms with E-state index in [1.165, 1.54) is 6.20 Å². The van der Waals surface area contributed by atoms with Crippen molar-refractivity contribution in [1.82, 2.24) is 14.8 Å². The number of nitriles is 1. The molecule has 0 amide bonds. The first kappa shape index (κ1) is 18.0. The molecular weight excluding hydrogens is 390 g/mol. The van der Waals surface area contributed by atoms with Gasteiger partial charge in [0.15, 0.2) is 5.69 Å². The zero-order valence-corrected chi connectivity index (χ0v) is 14.2. The van der Waals surface area contributed by atoms with E-state index in [1.54, 1.807) is 18.3 Å². The molecule has 0 aliphatic carbocycles. The SMILES string of the molecule is N#Cc1nn(-c2c(Cl)cc(C(F)(F)F)cc2Cl)c(N)c1-c1cccnc1. The molecule has 0 saturated heterocycles. The zero-order chi connectivity index (χ0) is 19.1. The van der Waals surface area contributed by atoms with E-state index in [2.05, 4.69) is 10.1 Å². The number of rotatable bonds is 2. The molecule has 0 bridgehead atoms. The van der Waals surface area contributed by atoms with E-state index in [-0.39, 0.29) is 32.8 Å². The highest BCUT2D eigenvalue weighted by Crippen LogP contribution is 2.40. The minimum absolute atomic E-state index is 0.00175. The number of nitrogens with zero attached hydrogens (tertiary/aromatic N) is 4. The van der Waals surface area contributed by atoms with Gasteiger partial charge in [0.1, 0.15) is 17.6 Å². The van der Waals surface area contributed by atoms with Crippen LogP contribution >= 0.6 is 23.2 Å². The second kappa shape index (κ2) is 6.52. The number of benzene rings is 1. The first-order chi connectivity index (χ1) is 12.2. The van der Waals surface area contributed by atoms with E-state index in [1.807, 2.05) is 6.07 Å². The van der Waals surface area contributed by atoms with Gasteiger partial charge in [0.2, 0.25) is 0 Å². The van der Waals surface area contributed by atoms with Crippen LogP contribution in [0.15, 0.2) is 36.7 Å². The number of nitrogens with two attached hydrogens (primary N) is 1. The summed E-state index contributed by atoms with van der Waals surface area (Å²) in [6, 6.07) is 6.65. The Hall–Kier alpha value is -2.76. The zero-order valence-electron chi connectivity index (χ0n) is 12.7. The minimum atomic E-state index is -4.61. The lowest BCUT2D eigenvalue weighted by Gasteiger charge is -2.13. The van der Waals surface area contributed by atoms with Crippen LogP contribution in [-0.2, 0) is 6.18 Å². The van der Waals surface area contributed by atoms with E-state index >= 15 is 0 Å². The van der Waals surface area contributed by atoms with Crippen LogP contribution in [0.1, 0.15) is 11.3 Å². The summed E-state index contributed by atoms with van der Waals surface area (Å²) in [5.74, 6) is -0.00175. The average Bonchev–Trinajstić information content (AvgIpc) is 2.91. The first-order valence-electron chi connectivity index (χ1n) is 6.99. The lowest BCUT2D eigenvalue weighted by atomic mass is 10.1. The topological polar surface area (TPSA) is 80.5 Å². The Morgan fingerprint density at radius 1 is 1.19 bits per heavy atom. The summed E-state index contributed by atoms with van der Waals surface area (Å²) in [5.41, 5.74) is 5.80. The molecule has 3 aromatic rings. The van der Waals surface area contributed by atoms with Gasteiger partial charge < -0.3 is 5.73 Å². The quantitative estimate of drug-likeness (QED) is 0.678. The largest absolute Gasteiger partial charge is 0.416 e. The Morgan fingerprint density at radius 2 is 1.85 bits per heavy atom. The van der Waals surface area contributed by atoms with Crippen molar-refractivity contribution in [3.05, 3.63) is 58.0 Å². The highest BCUT2D eigenvalue weighted by atomic mass is 35.5. The summed E-state index contributed by atoms with van der Waals surface area (Å²) in [6.45, 7) is 0. The molecule has 26 heavy (non-hydrogen) atoms. The molecule has 2 N–H and O–H groups in total. The smallest absolute Gasteiger partial charge is 0.383 e. The molecule has 10 heteroatoms. The fourth-order valence-corrected chi connectivity index (χ4v) is 3.05. The molecule has 2 aromatic heterocycles. The Morgan fingerprint density at radius 3 is 2.35 bits per heavy atom. The van der Waals surface area contributed by atoms with Crippen molar-refractivity contribution in [2.75, 3.05) is 5.73 Å². The van der Waals surface area contributed by atoms with Gasteiger partial charge in [-0.15, -0.1) is 0 Å². The molecule has 0 radical (unpaired) electrons. The Labute approximate surface area is 155 Å². The molecule has 0 fully saturated rings. The fraction of sp³-hybridized carbons (Fsp3) is 0.0625. The lowest BCUT2D eigenvalue weighted by Crippen LogP contribution is -2.08. The molecule has 2 heterocycles. The maximum atomic E-state index is 12.9. The molecule has 0 aliphatic rings. The van der Waals surface area contributed by atoms with Crippen molar-refractivity contribution in [1.29, 1.82) is 5.26 Å². The van der Waals surface area contributed by atoms with E-state index in [0.717, 1.165) is 16.8 Å². The number of alkyl halides is 3. The number of nitrogen functional groups attached to an aromatic ring is 1. The van der Waals surface area contributed by atoms with Gasteiger partial charge in [-0.25, -0.2) is 4.68 Å². The molecule has 1 aromatic carbocycles. The first-order valence-corrected chi connectivity index (χ1v) is 7.75. The summed E-state index contributed by atoms with van der Waals surface area (Å²) in [6.07, 6.45) is -1.59. The van der Waals surface area contributed by atoms with Crippen LogP contribution in [0.25, 0.3) is 16.8 Å². The van der Waals surface area contributed by atoms with Crippen molar-refractivity contribution < 1.29 is 13.2 Å². The van der Waals surface area contributed by atoms with Gasteiger partial charge >= 0.3 is 6.18 Å². The highest BCUT2D eigenvalue weighted by molar-refractivity contribution is 6.38. The van der Waals surface area contributed by atoms with Crippen LogP contribution < -0.4 is 5.73 Å². The monoisotopic (exact) mass is 397 g/mol. The molecule has 0 aliphatic heterocycles. The summed E-state index contributed by atoms with van der Waals surface area (Å²) < 4.78 is 39.7. The van der Waals surface area contributed by atoms with Gasteiger partial charge in [-0.05, 0) is 18.2 Å². The predicted octanol–water partition coefficient (Wildman–Crippen LogP) is 4.71. The second-order valence-electron chi connectivity index (χ2n) is 5.16. The van der Waals surface area contributed by atoms with Crippen LogP contribution in [0, 0.1) is 11.3 Å². The van der Waals surface area contributed by atoms with Crippen molar-refractivity contribution in [2.24, 2.45) is 0 Å². The van der Waals surface area contributed by atoms with Gasteiger partial charge in [0.05, 0.1) is 21.2 Å². The second-order valence-corrected chi connectivity index (χ2v) is 5.97. The van der Waals surface area contributed by atoms with Crippen molar-refractivity contribution >= 4 is 29.0 Å². The molecule has 0 saturated carbocycles. The minimum Gasteiger partial charge on any atom is -0.383 e. The van der Waals surface area contributed by atoms with Gasteiger partial charge in [-0.2, -0.15) is 23.5 Å². The molecular formula is C16H8Cl2F3N5. The van der Waals surface area contributed by atoms with Gasteiger partial charge in [-0.1, -0.05) is 29.3 Å². The third-order valence-corrected chi connectivity index (χ3v) is 4.11. The summed E-state index contributed by atoms with van der Waals surface area (Å²) in [7, 11) is 0. The Bertz CT molecular complexity index is 1000. The lowest BCUT2D eigenvalue weighted by molar-refractivity contribution is -0.137. The van der Waals surface area contributed by atoms with Crippen LogP contribution in [0.3, 0.4) is 0 Å². The number of hydrogen-bond donors (Lipinski definition) is 1. The molecule has 0 unspecified atom stereocenters. The number of pyridine rings is 1. The van der Waals surface area contributed by atoms with E-state index in [4.69, 9.17) is 28.9 Å². The maximum absolute atomic E-state index is 12.9. The normalized spacial score (nSPS) is 11.4. The third kappa shape index (κ3) is 3.07. The molecule has 0 atom stereocenters. The number of halogens is 5. The standard InChI is InChI=1S/C16H8Cl2F3N5/c17-10-4-9(16(19,20)21)5-11(18)14(10)26-15(23)13(12(6-22)25-26)8-2-1-3-24-7-8/h1-5,7H,23H2. The fourth-order valence-electron chi connectivity index (χ4n) is 2.41. The van der Waals surface area contributed by atoms with Gasteiger partial charge in [0, 0.05) is 18.0 Å². The summed E-state index contributed by atoms with van der Waals surface area (Å²) >= 11 is 12.0. The molecule has 5 nitrogen and oxygen atoms in total. The van der Waals surface area contributed by atoms with Crippen LogP contribution in [0.2, 0.25) is 10.0 Å². The average molecular weight is 398 g/mol. The Kier molecular flexibility index (Phi) is 4.52. The number of hydrogen-bond acceptors (Lipinski definition) is 4. The van der Waals surface area contributed by atoms with Crippen molar-refractivity contribution in [3.8, 4) is 22.9 Å². The van der Waals surface area contributed by atoms with Crippen LogP contribution in [0.4, 0.5) is 19.0 Å². The van der Waals surface area contributed by atoms with E-state index < -0.39 is 11.7 Å². The maximum Gasteiger partial charge on any atom is 0.416 e. The van der Waals surface area contributed by atoms with Gasteiger partial charge in [0.25, 0.3) is 0 Å². The molecule has 3 rings (SSSR count). The summed E-state index contributed by atoms with van der Waals surface area (Å²) in [5, 5.41) is 12.8. The highest BCUT2D eigenvalue weighted by Gasteiger charge is 2.33. The van der Waals surface area contributed by atoms with E-state index in [0.29, 0.717) is 5.56 Å². The van der Waals surface area contributed by atoms with E-state index in [9.17, 15) is 18.4 Å². The van der Waals surface area contributed by atoms with Crippen LogP contribution in [-0.4, -0.2) is 14.8 Å². The predicted molar refractivity (Wildman–Crippen MR) is 90.9 cm³/mol. The molecule has 0 spiro atoms. The third-order valence-electron chi connectivity index (χ3n) is 3.53. The summed E-state index contributed by atoms with van der Waals surface area (Å²) in [4.78, 5) is 3.95. The Balaban J connectivity index is 2.24. The number of anilines is 1. The van der Waals surface area contributed by atoms with Gasteiger partial charge in [-0.3, -0.25) is 4.98 Å². The van der Waals surface area contributed by atoms with Crippen LogP contribution in [0.5, 0.6) is 0 Å². The van der Waals surface area contributed by atoms with Crippen molar-refractivity contribution in [2.45, 2.75) is 6.18 Å². The number of aromatic nitrogens is 3.